The van der Waals surface area contributed by atoms with Crippen molar-refractivity contribution >= 4 is 21.7 Å². The van der Waals surface area contributed by atoms with Gasteiger partial charge in [-0.1, -0.05) is 6.07 Å². The average molecular weight is 299 g/mol. The number of carbonyl (C=O) groups is 2. The largest absolute Gasteiger partial charge is 0.478 e. The highest BCUT2D eigenvalue weighted by atomic mass is 32.2. The summed E-state index contributed by atoms with van der Waals surface area (Å²) in [5, 5.41) is 8.90. The molecule has 1 aromatic carbocycles. The molecule has 0 aliphatic rings. The lowest BCUT2D eigenvalue weighted by atomic mass is 10.1. The predicted molar refractivity (Wildman–Crippen MR) is 73.5 cm³/mol. The molecule has 7 heteroatoms. The summed E-state index contributed by atoms with van der Waals surface area (Å²) in [5.74, 6) is -2.40. The Bertz CT molecular complexity index is 636. The summed E-state index contributed by atoms with van der Waals surface area (Å²) < 4.78 is 24.4. The van der Waals surface area contributed by atoms with E-state index in [9.17, 15) is 18.0 Å². The van der Waals surface area contributed by atoms with Gasteiger partial charge in [-0.15, -0.1) is 0 Å². The third kappa shape index (κ3) is 3.57. The van der Waals surface area contributed by atoms with Gasteiger partial charge in [0, 0.05) is 13.6 Å². The molecule has 110 valence electrons. The zero-order chi connectivity index (χ0) is 15.5. The molecule has 1 N–H and O–H groups in total. The van der Waals surface area contributed by atoms with Crippen LogP contribution in [0.25, 0.3) is 0 Å². The first-order valence-electron chi connectivity index (χ1n) is 5.99. The van der Waals surface area contributed by atoms with Gasteiger partial charge in [0.05, 0.1) is 10.5 Å². The maximum atomic E-state index is 12.2. The van der Waals surface area contributed by atoms with Gasteiger partial charge in [0.15, 0.2) is 9.84 Å². The van der Waals surface area contributed by atoms with Crippen molar-refractivity contribution in [1.29, 1.82) is 0 Å². The van der Waals surface area contributed by atoms with E-state index in [2.05, 4.69) is 0 Å². The zero-order valence-electron chi connectivity index (χ0n) is 11.6. The van der Waals surface area contributed by atoms with Crippen molar-refractivity contribution in [3.8, 4) is 0 Å². The lowest BCUT2D eigenvalue weighted by molar-refractivity contribution is -0.126. The number of carboxylic acids is 1. The number of aryl methyl sites for hydroxylation is 1. The average Bonchev–Trinajstić information content (AvgIpc) is 2.37. The molecule has 1 amide bonds. The van der Waals surface area contributed by atoms with Crippen LogP contribution < -0.4 is 0 Å². The fraction of sp³-hybridized carbons (Fsp3) is 0.385. The first-order valence-corrected chi connectivity index (χ1v) is 7.65. The summed E-state index contributed by atoms with van der Waals surface area (Å²) in [6.45, 7) is 3.70. The van der Waals surface area contributed by atoms with Crippen molar-refractivity contribution in [3.63, 3.8) is 0 Å². The minimum absolute atomic E-state index is 0.116. The van der Waals surface area contributed by atoms with Gasteiger partial charge in [0.2, 0.25) is 5.91 Å². The number of carboxylic acid groups (broad SMARTS) is 1. The smallest absolute Gasteiger partial charge is 0.335 e. The summed E-state index contributed by atoms with van der Waals surface area (Å²) in [6.07, 6.45) is 0. The van der Waals surface area contributed by atoms with E-state index in [1.165, 1.54) is 24.1 Å². The second kappa shape index (κ2) is 6.04. The molecule has 0 heterocycles. The fourth-order valence-corrected chi connectivity index (χ4v) is 3.16. The van der Waals surface area contributed by atoms with Crippen molar-refractivity contribution in [1.82, 2.24) is 4.90 Å². The molecule has 0 unspecified atom stereocenters. The number of hydrogen-bond acceptors (Lipinski definition) is 4. The van der Waals surface area contributed by atoms with Gasteiger partial charge < -0.3 is 10.0 Å². The lowest BCUT2D eigenvalue weighted by Gasteiger charge is -2.15. The minimum atomic E-state index is -3.86. The molecule has 0 saturated heterocycles. The standard InChI is InChI=1S/C13H17NO5S/c1-4-14(3)12(15)8-20(18,19)11-7-10(13(16)17)6-5-9(11)2/h5-7H,4,8H2,1-3H3,(H,16,17). The highest BCUT2D eigenvalue weighted by Gasteiger charge is 2.24. The maximum absolute atomic E-state index is 12.2. The number of sulfone groups is 1. The molecule has 0 bridgehead atoms. The Balaban J connectivity index is 3.19. The van der Waals surface area contributed by atoms with E-state index >= 15 is 0 Å². The second-order valence-corrected chi connectivity index (χ2v) is 6.41. The van der Waals surface area contributed by atoms with E-state index in [-0.39, 0.29) is 10.5 Å². The molecular formula is C13H17NO5S. The quantitative estimate of drug-likeness (QED) is 0.873. The molecular weight excluding hydrogens is 282 g/mol. The minimum Gasteiger partial charge on any atom is -0.478 e. The zero-order valence-corrected chi connectivity index (χ0v) is 12.4. The van der Waals surface area contributed by atoms with Gasteiger partial charge in [-0.05, 0) is 31.5 Å². The molecule has 0 fully saturated rings. The summed E-state index contributed by atoms with van der Waals surface area (Å²) in [4.78, 5) is 23.8. The molecule has 6 nitrogen and oxygen atoms in total. The Labute approximate surface area is 117 Å². The normalized spacial score (nSPS) is 11.2. The summed E-state index contributed by atoms with van der Waals surface area (Å²) >= 11 is 0. The van der Waals surface area contributed by atoms with Gasteiger partial charge in [0.1, 0.15) is 5.75 Å². The van der Waals surface area contributed by atoms with Crippen LogP contribution in [0.3, 0.4) is 0 Å². The fourth-order valence-electron chi connectivity index (χ4n) is 1.60. The van der Waals surface area contributed by atoms with Crippen molar-refractivity contribution < 1.29 is 23.1 Å². The molecule has 0 spiro atoms. The van der Waals surface area contributed by atoms with Gasteiger partial charge in [-0.2, -0.15) is 0 Å². The summed E-state index contributed by atoms with van der Waals surface area (Å²) in [7, 11) is -2.34. The molecule has 0 aliphatic heterocycles. The van der Waals surface area contributed by atoms with Crippen LogP contribution in [-0.4, -0.2) is 49.6 Å². The molecule has 0 radical (unpaired) electrons. The van der Waals surface area contributed by atoms with E-state index in [1.54, 1.807) is 13.8 Å². The maximum Gasteiger partial charge on any atom is 0.335 e. The number of amides is 1. The van der Waals surface area contributed by atoms with E-state index in [1.807, 2.05) is 0 Å². The van der Waals surface area contributed by atoms with Crippen LogP contribution in [0.1, 0.15) is 22.8 Å². The molecule has 0 saturated carbocycles. The first-order chi connectivity index (χ1) is 9.19. The lowest BCUT2D eigenvalue weighted by Crippen LogP contribution is -2.32. The van der Waals surface area contributed by atoms with Crippen LogP contribution in [-0.2, 0) is 14.6 Å². The van der Waals surface area contributed by atoms with Crippen LogP contribution in [0, 0.1) is 6.92 Å². The molecule has 1 aromatic rings. The van der Waals surface area contributed by atoms with Gasteiger partial charge in [0.25, 0.3) is 0 Å². The Hall–Kier alpha value is -1.89. The van der Waals surface area contributed by atoms with Gasteiger partial charge >= 0.3 is 5.97 Å². The topological polar surface area (TPSA) is 91.8 Å². The predicted octanol–water partition coefficient (Wildman–Crippen LogP) is 0.945. The van der Waals surface area contributed by atoms with Crippen molar-refractivity contribution in [2.24, 2.45) is 0 Å². The summed E-state index contributed by atoms with van der Waals surface area (Å²) in [5.41, 5.74) is 0.299. The highest BCUT2D eigenvalue weighted by molar-refractivity contribution is 7.92. The number of rotatable bonds is 5. The van der Waals surface area contributed by atoms with Crippen LogP contribution >= 0.6 is 0 Å². The number of benzene rings is 1. The molecule has 20 heavy (non-hydrogen) atoms. The van der Waals surface area contributed by atoms with E-state index < -0.39 is 27.5 Å². The van der Waals surface area contributed by atoms with E-state index in [0.29, 0.717) is 12.1 Å². The third-order valence-corrected chi connectivity index (χ3v) is 4.72. The van der Waals surface area contributed by atoms with Crippen LogP contribution in [0.2, 0.25) is 0 Å². The van der Waals surface area contributed by atoms with Crippen LogP contribution in [0.15, 0.2) is 23.1 Å². The highest BCUT2D eigenvalue weighted by Crippen LogP contribution is 2.19. The first kappa shape index (κ1) is 16.2. The second-order valence-electron chi connectivity index (χ2n) is 4.45. The number of nitrogens with zero attached hydrogens (tertiary/aromatic N) is 1. The Morgan fingerprint density at radius 1 is 1.30 bits per heavy atom. The molecule has 0 aromatic heterocycles. The Morgan fingerprint density at radius 3 is 2.40 bits per heavy atom. The van der Waals surface area contributed by atoms with Crippen molar-refractivity contribution in [3.05, 3.63) is 29.3 Å². The molecule has 0 atom stereocenters. The molecule has 0 aliphatic carbocycles. The van der Waals surface area contributed by atoms with E-state index in [4.69, 9.17) is 5.11 Å². The van der Waals surface area contributed by atoms with Gasteiger partial charge in [-0.3, -0.25) is 4.79 Å². The van der Waals surface area contributed by atoms with Crippen LogP contribution in [0.5, 0.6) is 0 Å². The molecule has 1 rings (SSSR count). The number of hydrogen-bond donors (Lipinski definition) is 1. The van der Waals surface area contributed by atoms with Gasteiger partial charge in [-0.25, -0.2) is 13.2 Å². The summed E-state index contributed by atoms with van der Waals surface area (Å²) in [6, 6.07) is 3.84. The van der Waals surface area contributed by atoms with Crippen molar-refractivity contribution in [2.75, 3.05) is 19.3 Å². The SMILES string of the molecule is CCN(C)C(=O)CS(=O)(=O)c1cc(C(=O)O)ccc1C. The number of carbonyl (C=O) groups excluding carboxylic acids is 1. The monoisotopic (exact) mass is 299 g/mol. The Kier molecular flexibility index (Phi) is 4.88. The Morgan fingerprint density at radius 2 is 1.90 bits per heavy atom. The van der Waals surface area contributed by atoms with Crippen LogP contribution in [0.4, 0.5) is 0 Å². The number of aromatic carboxylic acids is 1. The van der Waals surface area contributed by atoms with Crippen molar-refractivity contribution in [2.45, 2.75) is 18.7 Å². The third-order valence-electron chi connectivity index (χ3n) is 2.98. The van der Waals surface area contributed by atoms with E-state index in [0.717, 1.165) is 6.07 Å².